The zero-order valence-corrected chi connectivity index (χ0v) is 82.2. The zero-order chi connectivity index (χ0) is 89.9. The molecule has 0 unspecified atom stereocenters. The van der Waals surface area contributed by atoms with Crippen molar-refractivity contribution in [3.05, 3.63) is 423 Å². The van der Waals surface area contributed by atoms with E-state index in [2.05, 4.69) is 152 Å². The van der Waals surface area contributed by atoms with Gasteiger partial charge >= 0.3 is 47.3 Å². The van der Waals surface area contributed by atoms with Crippen molar-refractivity contribution in [1.82, 2.24) is 29.9 Å². The number of rotatable bonds is 18. The molecule has 10 aromatic carbocycles. The summed E-state index contributed by atoms with van der Waals surface area (Å²) >= 11 is 3.30. The topological polar surface area (TPSA) is 114 Å². The van der Waals surface area contributed by atoms with E-state index in [4.69, 9.17) is 18.8 Å². The van der Waals surface area contributed by atoms with Gasteiger partial charge in [-0.1, -0.05) is 202 Å². The normalized spacial score (nSPS) is 13.3. The predicted octanol–water partition coefficient (Wildman–Crippen LogP) is 27.9. The standard InChI is InChI=1S/C26H35O2P.C19H15FN.C17H19BNO2.4C11H8N.C8H8BrF.2Ir/c1-27-23-17-11-18-24(28-2)26(23)22-16-9-10-19-25(22)29(20-12-5-3-6-13-20)21-14-7-4-8-15-21;20-12-11-15-7-9-16(10-8-15)17-4-3-5-18(14-17)19-6-1-2-13-21-19;1-16(2)17(3,4)21-18(20-16)14-9-7-8-13(12-14)15-10-5-6-11-19-15;4*1-2-6-10(7-3-1)11-8-4-5-9-12-11;9-8-3-1-7(2-4-8)5-6-10;;/h9-11,16-21H,3-8,12-15H2,1-2H3;1-4,6-10,13-14H,11-12H2;5-7,9-12H,1-4H3;4*1-6,8-9H;1-4H,5-6H2;;/q;6*-1;;2*+3. The van der Waals surface area contributed by atoms with E-state index < -0.39 is 0 Å². The molecule has 3 fully saturated rings. The first kappa shape index (κ1) is 102. The average Bonchev–Trinajstić information content (AvgIpc) is 1.64. The number of halogens is 3. The van der Waals surface area contributed by atoms with Gasteiger partial charge in [0, 0.05) is 54.5 Å². The van der Waals surface area contributed by atoms with Crippen LogP contribution in [0.4, 0.5) is 8.78 Å². The van der Waals surface area contributed by atoms with Gasteiger partial charge in [-0.05, 0) is 187 Å². The third kappa shape index (κ3) is 31.5. The van der Waals surface area contributed by atoms with E-state index in [0.29, 0.717) is 12.8 Å². The fourth-order valence-corrected chi connectivity index (χ4v) is 19.3. The van der Waals surface area contributed by atoms with Crippen molar-refractivity contribution in [2.24, 2.45) is 0 Å². The fraction of sp³-hybridized carbons (Fsp3) is 0.211. The zero-order valence-electron chi connectivity index (χ0n) is 74.9. The van der Waals surface area contributed by atoms with E-state index in [1.165, 1.54) is 69.8 Å². The summed E-state index contributed by atoms with van der Waals surface area (Å²) in [5.41, 5.74) is 20.6. The molecule has 1 aliphatic heterocycles. The molecule has 2 aliphatic carbocycles. The van der Waals surface area contributed by atoms with Crippen molar-refractivity contribution in [3.63, 3.8) is 0 Å². The van der Waals surface area contributed by atoms with Gasteiger partial charge in [0.15, 0.2) is 0 Å². The molecule has 0 spiro atoms. The first-order valence-electron chi connectivity index (χ1n) is 44.1. The summed E-state index contributed by atoms with van der Waals surface area (Å²) in [7, 11) is 3.00. The van der Waals surface area contributed by atoms with Crippen LogP contribution in [0.1, 0.15) is 103 Å². The van der Waals surface area contributed by atoms with Crippen LogP contribution < -0.4 is 20.2 Å². The second-order valence-corrected chi connectivity index (χ2v) is 35.4. The summed E-state index contributed by atoms with van der Waals surface area (Å²) < 4.78 is 48.9. The molecule has 666 valence electrons. The van der Waals surface area contributed by atoms with Gasteiger partial charge in [0.2, 0.25) is 0 Å². The maximum atomic E-state index is 12.3. The predicted molar refractivity (Wildman–Crippen MR) is 531 cm³/mol. The molecule has 131 heavy (non-hydrogen) atoms. The summed E-state index contributed by atoms with van der Waals surface area (Å²) in [6.45, 7) is 7.64. The molecule has 0 N–H and O–H groups in total. The van der Waals surface area contributed by atoms with E-state index in [1.54, 1.807) is 56.7 Å². The molecule has 16 aromatic rings. The Bertz CT molecular complexity index is 5340. The molecule has 1 saturated heterocycles. The SMILES string of the molecule is CC1(C)OB(c2cc[c-]c(-c3ccccn3)c2)OC1(C)C.COc1cccc(OC)c1-c1ccccc1P(C1CCCCC1)C1CCCCC1.FCCc1ccc(-c2cc[c-]c(-c3ccccn3)c2)cc1.FCCc1ccc(Br)cc1.[Ir+3].[Ir+3].[c-]1ccccc1-c1ccccn1.[c-]1ccccc1-c1ccccn1.[c-]1ccccc1-c1ccccn1.[c-]1ccccc1-c1ccccn1. The quantitative estimate of drug-likeness (QED) is 0.0467. The van der Waals surface area contributed by atoms with Gasteiger partial charge in [0.1, 0.15) is 11.5 Å². The third-order valence-electron chi connectivity index (χ3n) is 22.4. The van der Waals surface area contributed by atoms with Crippen LogP contribution in [0.3, 0.4) is 0 Å². The summed E-state index contributed by atoms with van der Waals surface area (Å²) in [6.07, 6.45) is 25.9. The van der Waals surface area contributed by atoms with Crippen molar-refractivity contribution < 1.29 is 67.8 Å². The largest absolute Gasteiger partial charge is 3.00 e. The molecule has 3 aliphatic rings. The van der Waals surface area contributed by atoms with Crippen LogP contribution in [0.25, 0.3) is 89.8 Å². The summed E-state index contributed by atoms with van der Waals surface area (Å²) in [4.78, 5) is 25.6. The molecular formula is C114H109BBrF2Ir2N6O4P. The smallest absolute Gasteiger partial charge is 0.496 e. The van der Waals surface area contributed by atoms with Crippen molar-refractivity contribution in [2.75, 3.05) is 27.6 Å². The number of aryl methyl sites for hydroxylation is 2. The van der Waals surface area contributed by atoms with Crippen molar-refractivity contribution in [2.45, 2.75) is 127 Å². The number of hydrogen-bond donors (Lipinski definition) is 0. The molecule has 0 amide bonds. The minimum atomic E-state index is -0.355. The molecule has 0 radical (unpaired) electrons. The van der Waals surface area contributed by atoms with Gasteiger partial charge in [-0.3, -0.25) is 8.78 Å². The molecule has 17 heteroatoms. The molecule has 19 rings (SSSR count). The number of nitrogens with zero attached hydrogens (tertiary/aromatic N) is 6. The Balaban J connectivity index is 0.000000159. The van der Waals surface area contributed by atoms with E-state index in [-0.39, 0.29) is 79.8 Å². The van der Waals surface area contributed by atoms with E-state index >= 15 is 0 Å². The Hall–Kier alpha value is -11.2. The van der Waals surface area contributed by atoms with Crippen LogP contribution in [0.2, 0.25) is 0 Å². The fourth-order valence-electron chi connectivity index (χ4n) is 15.1. The molecule has 0 atom stereocenters. The Kier molecular flexibility index (Phi) is 42.9. The van der Waals surface area contributed by atoms with Crippen LogP contribution in [0.5, 0.6) is 11.5 Å². The second kappa shape index (κ2) is 55.2. The van der Waals surface area contributed by atoms with Crippen LogP contribution >= 0.6 is 23.9 Å². The van der Waals surface area contributed by atoms with Gasteiger partial charge in [0.25, 0.3) is 0 Å². The number of benzene rings is 10. The van der Waals surface area contributed by atoms with Gasteiger partial charge in [0.05, 0.1) is 44.3 Å². The first-order valence-corrected chi connectivity index (χ1v) is 46.3. The van der Waals surface area contributed by atoms with Gasteiger partial charge < -0.3 is 48.7 Å². The molecule has 0 bridgehead atoms. The van der Waals surface area contributed by atoms with Crippen LogP contribution in [0, 0.1) is 36.4 Å². The number of ether oxygens (including phenoxy) is 2. The Labute approximate surface area is 811 Å². The maximum Gasteiger partial charge on any atom is 3.00 e. The third-order valence-corrected chi connectivity index (χ3v) is 26.5. The Morgan fingerprint density at radius 3 is 1.05 bits per heavy atom. The van der Waals surface area contributed by atoms with E-state index in [9.17, 15) is 8.78 Å². The minimum Gasteiger partial charge on any atom is -0.496 e. The second-order valence-electron chi connectivity index (χ2n) is 31.8. The van der Waals surface area contributed by atoms with Crippen molar-refractivity contribution in [1.29, 1.82) is 0 Å². The van der Waals surface area contributed by atoms with Crippen LogP contribution in [-0.4, -0.2) is 87.1 Å². The average molecular weight is 2170 g/mol. The van der Waals surface area contributed by atoms with Gasteiger partial charge in [-0.25, -0.2) is 0 Å². The molecular weight excluding hydrogens is 2060 g/mol. The number of alkyl halides is 2. The number of hydrogen-bond acceptors (Lipinski definition) is 10. The number of methoxy groups -OCH3 is 2. The van der Waals surface area contributed by atoms with E-state index in [0.717, 1.165) is 128 Å². The number of aromatic nitrogens is 6. The van der Waals surface area contributed by atoms with Crippen molar-refractivity contribution in [3.8, 4) is 101 Å². The molecule has 7 heterocycles. The van der Waals surface area contributed by atoms with Crippen molar-refractivity contribution >= 4 is 41.7 Å². The molecule has 6 aromatic heterocycles. The van der Waals surface area contributed by atoms with Crippen LogP contribution in [-0.2, 0) is 62.4 Å². The Morgan fingerprint density at radius 2 is 0.695 bits per heavy atom. The first-order chi connectivity index (χ1) is 63.3. The minimum absolute atomic E-state index is 0. The maximum absolute atomic E-state index is 12.3. The summed E-state index contributed by atoms with van der Waals surface area (Å²) in [6, 6.07) is 128. The summed E-state index contributed by atoms with van der Waals surface area (Å²) in [5, 5.41) is 1.59. The monoisotopic (exact) mass is 2170 g/mol. The summed E-state index contributed by atoms with van der Waals surface area (Å²) in [5.74, 6) is 1.83. The van der Waals surface area contributed by atoms with Gasteiger partial charge in [-0.2, -0.15) is 0 Å². The van der Waals surface area contributed by atoms with Gasteiger partial charge in [-0.15, -0.1) is 214 Å². The number of pyridine rings is 6. The molecule has 10 nitrogen and oxygen atoms in total. The molecule has 2 saturated carbocycles. The Morgan fingerprint density at radius 1 is 0.359 bits per heavy atom. The van der Waals surface area contributed by atoms with Crippen LogP contribution in [0.15, 0.2) is 375 Å². The van der Waals surface area contributed by atoms with E-state index in [1.807, 2.05) is 291 Å².